The molecule has 0 spiro atoms. The second-order valence-corrected chi connectivity index (χ2v) is 7.32. The zero-order chi connectivity index (χ0) is 21.5. The molecule has 160 valence electrons. The molecule has 1 saturated heterocycles. The number of nitrogens with one attached hydrogen (secondary N) is 1. The Morgan fingerprint density at radius 3 is 2.30 bits per heavy atom. The molecule has 3 rings (SSSR count). The topological polar surface area (TPSA) is 60.0 Å². The molecule has 1 N–H and O–H groups in total. The highest BCUT2D eigenvalue weighted by atomic mass is 16.5. The van der Waals surface area contributed by atoms with Gasteiger partial charge in [0.15, 0.2) is 11.5 Å². The molecular weight excluding hydrogens is 380 g/mol. The van der Waals surface area contributed by atoms with Gasteiger partial charge in [-0.25, -0.2) is 0 Å². The van der Waals surface area contributed by atoms with Crippen molar-refractivity contribution in [3.8, 4) is 17.2 Å². The summed E-state index contributed by atoms with van der Waals surface area (Å²) in [7, 11) is 4.64. The van der Waals surface area contributed by atoms with Crippen molar-refractivity contribution in [2.75, 3.05) is 34.4 Å². The second-order valence-electron chi connectivity index (χ2n) is 7.32. The van der Waals surface area contributed by atoms with Crippen molar-refractivity contribution >= 4 is 12.0 Å². The fourth-order valence-electron chi connectivity index (χ4n) is 3.75. The highest BCUT2D eigenvalue weighted by molar-refractivity contribution is 5.97. The molecule has 2 aromatic rings. The van der Waals surface area contributed by atoms with Gasteiger partial charge in [-0.1, -0.05) is 30.3 Å². The van der Waals surface area contributed by atoms with Gasteiger partial charge in [-0.15, -0.1) is 0 Å². The summed E-state index contributed by atoms with van der Waals surface area (Å²) in [5.74, 6) is 1.29. The van der Waals surface area contributed by atoms with Gasteiger partial charge in [-0.3, -0.25) is 4.79 Å². The van der Waals surface area contributed by atoms with E-state index in [1.54, 1.807) is 33.5 Å². The molecule has 0 saturated carbocycles. The molecule has 0 bridgehead atoms. The van der Waals surface area contributed by atoms with E-state index < -0.39 is 0 Å². The fourth-order valence-corrected chi connectivity index (χ4v) is 3.75. The quantitative estimate of drug-likeness (QED) is 0.714. The van der Waals surface area contributed by atoms with Gasteiger partial charge in [0.2, 0.25) is 5.75 Å². The van der Waals surface area contributed by atoms with Crippen molar-refractivity contribution in [2.24, 2.45) is 0 Å². The van der Waals surface area contributed by atoms with Crippen molar-refractivity contribution in [1.82, 2.24) is 10.2 Å². The van der Waals surface area contributed by atoms with Crippen molar-refractivity contribution in [2.45, 2.75) is 25.8 Å². The number of amides is 1. The third-order valence-corrected chi connectivity index (χ3v) is 5.32. The van der Waals surface area contributed by atoms with Gasteiger partial charge in [0.25, 0.3) is 5.91 Å². The standard InChI is InChI=1S/C24H30N2O4/c1-17(13-18-9-6-5-7-10-18)26(16-20-11-8-12-25-20)24(27)19-14-21(28-2)23(30-4)22(15-19)29-3/h5-7,9-10,13-15,20,25H,8,11-12,16H2,1-4H3/b17-13+. The van der Waals surface area contributed by atoms with Gasteiger partial charge in [-0.05, 0) is 50.1 Å². The van der Waals surface area contributed by atoms with E-state index in [0.717, 1.165) is 30.6 Å². The molecule has 1 fully saturated rings. The Morgan fingerprint density at radius 2 is 1.77 bits per heavy atom. The first kappa shape index (κ1) is 21.7. The zero-order valence-corrected chi connectivity index (χ0v) is 18.1. The zero-order valence-electron chi connectivity index (χ0n) is 18.1. The molecule has 1 heterocycles. The molecule has 2 aromatic carbocycles. The maximum atomic E-state index is 13.6. The van der Waals surface area contributed by atoms with Crippen LogP contribution in [0.2, 0.25) is 0 Å². The first-order chi connectivity index (χ1) is 14.6. The van der Waals surface area contributed by atoms with Crippen LogP contribution in [0.5, 0.6) is 17.2 Å². The van der Waals surface area contributed by atoms with E-state index in [0.29, 0.717) is 29.4 Å². The molecule has 30 heavy (non-hydrogen) atoms. The Kier molecular flexibility index (Phi) is 7.36. The van der Waals surface area contributed by atoms with Crippen molar-refractivity contribution in [3.63, 3.8) is 0 Å². The Hall–Kier alpha value is -2.99. The number of hydrogen-bond acceptors (Lipinski definition) is 5. The van der Waals surface area contributed by atoms with E-state index in [2.05, 4.69) is 5.32 Å². The smallest absolute Gasteiger partial charge is 0.258 e. The van der Waals surface area contributed by atoms with Crippen LogP contribution < -0.4 is 19.5 Å². The molecule has 1 aliphatic rings. The van der Waals surface area contributed by atoms with E-state index in [1.807, 2.05) is 48.2 Å². The molecule has 1 atom stereocenters. The summed E-state index contributed by atoms with van der Waals surface area (Å²) in [5, 5.41) is 3.48. The Morgan fingerprint density at radius 1 is 1.10 bits per heavy atom. The highest BCUT2D eigenvalue weighted by Gasteiger charge is 2.26. The third kappa shape index (κ3) is 4.94. The van der Waals surface area contributed by atoms with Crippen LogP contribution >= 0.6 is 0 Å². The molecule has 1 unspecified atom stereocenters. The Labute approximate surface area is 178 Å². The molecule has 1 amide bonds. The molecule has 1 aliphatic heterocycles. The minimum Gasteiger partial charge on any atom is -0.493 e. The van der Waals surface area contributed by atoms with Crippen molar-refractivity contribution < 1.29 is 19.0 Å². The van der Waals surface area contributed by atoms with Gasteiger partial charge in [0.05, 0.1) is 21.3 Å². The number of carbonyl (C=O) groups excluding carboxylic acids is 1. The van der Waals surface area contributed by atoms with Crippen molar-refractivity contribution in [3.05, 3.63) is 59.3 Å². The van der Waals surface area contributed by atoms with Gasteiger partial charge in [0.1, 0.15) is 0 Å². The maximum absolute atomic E-state index is 13.6. The number of carbonyl (C=O) groups is 1. The summed E-state index contributed by atoms with van der Waals surface area (Å²) in [6.45, 7) is 3.56. The number of nitrogens with zero attached hydrogens (tertiary/aromatic N) is 1. The summed E-state index contributed by atoms with van der Waals surface area (Å²) in [5.41, 5.74) is 2.43. The number of rotatable bonds is 8. The van der Waals surface area contributed by atoms with E-state index in [1.165, 1.54) is 0 Å². The SMILES string of the molecule is COc1cc(C(=O)N(CC2CCCN2)/C(C)=C/c2ccccc2)cc(OC)c1OC. The Bertz CT molecular complexity index is 864. The minimum atomic E-state index is -0.104. The summed E-state index contributed by atoms with van der Waals surface area (Å²) >= 11 is 0. The fraction of sp³-hybridized carbons (Fsp3) is 0.375. The van der Waals surface area contributed by atoms with Gasteiger partial charge < -0.3 is 24.4 Å². The van der Waals surface area contributed by atoms with Crippen LogP contribution in [0.3, 0.4) is 0 Å². The number of methoxy groups -OCH3 is 3. The lowest BCUT2D eigenvalue weighted by Crippen LogP contribution is -2.40. The third-order valence-electron chi connectivity index (χ3n) is 5.32. The van der Waals surface area contributed by atoms with E-state index in [-0.39, 0.29) is 11.9 Å². The lowest BCUT2D eigenvalue weighted by molar-refractivity contribution is 0.0796. The molecular formula is C24H30N2O4. The van der Waals surface area contributed by atoms with Crippen molar-refractivity contribution in [1.29, 1.82) is 0 Å². The first-order valence-electron chi connectivity index (χ1n) is 10.2. The van der Waals surface area contributed by atoms with E-state index in [4.69, 9.17) is 14.2 Å². The average molecular weight is 411 g/mol. The average Bonchev–Trinajstić information content (AvgIpc) is 3.29. The normalized spacial score (nSPS) is 16.3. The Balaban J connectivity index is 1.98. The molecule has 0 radical (unpaired) electrons. The van der Waals surface area contributed by atoms with Crippen LogP contribution in [0, 0.1) is 0 Å². The van der Waals surface area contributed by atoms with E-state index in [9.17, 15) is 4.79 Å². The summed E-state index contributed by atoms with van der Waals surface area (Å²) in [6.07, 6.45) is 4.21. The van der Waals surface area contributed by atoms with Crippen LogP contribution in [0.15, 0.2) is 48.2 Å². The molecule has 6 nitrogen and oxygen atoms in total. The molecule has 0 aromatic heterocycles. The first-order valence-corrected chi connectivity index (χ1v) is 10.2. The number of hydrogen-bond donors (Lipinski definition) is 1. The lowest BCUT2D eigenvalue weighted by atomic mass is 10.1. The second kappa shape index (κ2) is 10.2. The summed E-state index contributed by atoms with van der Waals surface area (Å²) in [6, 6.07) is 13.7. The van der Waals surface area contributed by atoms with Crippen LogP contribution in [0.4, 0.5) is 0 Å². The molecule has 6 heteroatoms. The van der Waals surface area contributed by atoms with Crippen LogP contribution in [-0.2, 0) is 0 Å². The highest BCUT2D eigenvalue weighted by Crippen LogP contribution is 2.38. The van der Waals surface area contributed by atoms with Crippen LogP contribution in [0.1, 0.15) is 35.7 Å². The number of ether oxygens (including phenoxy) is 3. The number of benzene rings is 2. The molecule has 0 aliphatic carbocycles. The lowest BCUT2D eigenvalue weighted by Gasteiger charge is -2.27. The monoisotopic (exact) mass is 410 g/mol. The van der Waals surface area contributed by atoms with Gasteiger partial charge >= 0.3 is 0 Å². The summed E-state index contributed by atoms with van der Waals surface area (Å²) < 4.78 is 16.3. The van der Waals surface area contributed by atoms with E-state index >= 15 is 0 Å². The summed E-state index contributed by atoms with van der Waals surface area (Å²) in [4.78, 5) is 15.4. The minimum absolute atomic E-state index is 0.104. The van der Waals surface area contributed by atoms with Gasteiger partial charge in [-0.2, -0.15) is 0 Å². The number of allylic oxidation sites excluding steroid dienone is 1. The van der Waals surface area contributed by atoms with Crippen LogP contribution in [-0.4, -0.2) is 51.3 Å². The van der Waals surface area contributed by atoms with Crippen LogP contribution in [0.25, 0.3) is 6.08 Å². The largest absolute Gasteiger partial charge is 0.493 e. The maximum Gasteiger partial charge on any atom is 0.258 e. The predicted molar refractivity (Wildman–Crippen MR) is 118 cm³/mol. The van der Waals surface area contributed by atoms with Gasteiger partial charge in [0, 0.05) is 23.8 Å². The predicted octanol–water partition coefficient (Wildman–Crippen LogP) is 3.97.